The van der Waals surface area contributed by atoms with Crippen LogP contribution in [0.2, 0.25) is 0 Å². The molecule has 0 spiro atoms. The summed E-state index contributed by atoms with van der Waals surface area (Å²) in [5.41, 5.74) is 1.94. The standard InChI is InChI=1S/C4H8FN3OS/c1-7-3(2-10-5)4(9)8-6/h2,7H,6H2,1H3,(H,8,9)/b3-2-. The van der Waals surface area contributed by atoms with Crippen LogP contribution in [0.25, 0.3) is 0 Å². The molecule has 0 bridgehead atoms. The highest BCUT2D eigenvalue weighted by atomic mass is 32.2. The SMILES string of the molecule is CN/C(=C\SF)C(=O)NN. The number of amides is 1. The summed E-state index contributed by atoms with van der Waals surface area (Å²) >= 11 is -0.0629. The molecule has 0 aliphatic heterocycles. The number of nitrogens with two attached hydrogens (primary N) is 1. The molecule has 0 saturated carbocycles. The second-order valence-corrected chi connectivity index (χ2v) is 1.76. The molecule has 0 aromatic rings. The van der Waals surface area contributed by atoms with E-state index in [9.17, 15) is 8.68 Å². The third-order valence-electron chi connectivity index (χ3n) is 0.807. The van der Waals surface area contributed by atoms with E-state index in [1.54, 1.807) is 0 Å². The molecule has 58 valence electrons. The molecule has 1 amide bonds. The van der Waals surface area contributed by atoms with Crippen LogP contribution in [0.15, 0.2) is 11.1 Å². The van der Waals surface area contributed by atoms with Gasteiger partial charge in [0.25, 0.3) is 5.91 Å². The van der Waals surface area contributed by atoms with E-state index in [0.717, 1.165) is 5.41 Å². The monoisotopic (exact) mass is 165 g/mol. The van der Waals surface area contributed by atoms with Crippen molar-refractivity contribution in [2.45, 2.75) is 0 Å². The molecule has 10 heavy (non-hydrogen) atoms. The second kappa shape index (κ2) is 5.07. The Labute approximate surface area is 62.3 Å². The van der Waals surface area contributed by atoms with Crippen molar-refractivity contribution in [3.63, 3.8) is 0 Å². The Hall–Kier alpha value is -0.750. The molecule has 0 aromatic carbocycles. The van der Waals surface area contributed by atoms with Gasteiger partial charge in [-0.1, -0.05) is 0 Å². The predicted molar refractivity (Wildman–Crippen MR) is 38.2 cm³/mol. The summed E-state index contributed by atoms with van der Waals surface area (Å²) in [6.07, 6.45) is 0. The van der Waals surface area contributed by atoms with Gasteiger partial charge in [-0.15, -0.1) is 0 Å². The largest absolute Gasteiger partial charge is 0.383 e. The van der Waals surface area contributed by atoms with Crippen LogP contribution in [0.4, 0.5) is 3.89 Å². The first-order chi connectivity index (χ1) is 4.76. The van der Waals surface area contributed by atoms with Gasteiger partial charge in [0, 0.05) is 12.5 Å². The summed E-state index contributed by atoms with van der Waals surface area (Å²) in [6.45, 7) is 0. The summed E-state index contributed by atoms with van der Waals surface area (Å²) in [7, 11) is 1.50. The van der Waals surface area contributed by atoms with Gasteiger partial charge < -0.3 is 5.32 Å². The Bertz CT molecular complexity index is 149. The molecule has 0 saturated heterocycles. The maximum Gasteiger partial charge on any atom is 0.281 e. The van der Waals surface area contributed by atoms with E-state index in [0.29, 0.717) is 0 Å². The Morgan fingerprint density at radius 1 is 1.80 bits per heavy atom. The molecule has 0 aromatic heterocycles. The van der Waals surface area contributed by atoms with Crippen molar-refractivity contribution >= 4 is 18.1 Å². The highest BCUT2D eigenvalue weighted by Gasteiger charge is 2.03. The van der Waals surface area contributed by atoms with Crippen molar-refractivity contribution in [1.82, 2.24) is 10.7 Å². The molecule has 0 fully saturated rings. The molecule has 0 unspecified atom stereocenters. The third kappa shape index (κ3) is 2.70. The zero-order valence-corrected chi connectivity index (χ0v) is 6.17. The normalized spacial score (nSPS) is 10.9. The Kier molecular flexibility index (Phi) is 4.69. The second-order valence-electron chi connectivity index (χ2n) is 1.34. The lowest BCUT2D eigenvalue weighted by molar-refractivity contribution is -0.117. The number of hydrogen-bond donors (Lipinski definition) is 3. The maximum absolute atomic E-state index is 11.5. The molecule has 4 N–H and O–H groups in total. The van der Waals surface area contributed by atoms with Crippen LogP contribution in [0.1, 0.15) is 0 Å². The number of nitrogens with one attached hydrogen (secondary N) is 2. The van der Waals surface area contributed by atoms with Crippen LogP contribution in [0, 0.1) is 0 Å². The summed E-state index contributed by atoms with van der Waals surface area (Å²) in [6, 6.07) is 0. The average Bonchev–Trinajstić information content (AvgIpc) is 1.99. The van der Waals surface area contributed by atoms with E-state index in [2.05, 4.69) is 5.32 Å². The zero-order chi connectivity index (χ0) is 7.98. The fourth-order valence-corrected chi connectivity index (χ4v) is 0.662. The number of carbonyl (C=O) groups excluding carboxylic acids is 1. The van der Waals surface area contributed by atoms with Gasteiger partial charge in [-0.25, -0.2) is 5.84 Å². The van der Waals surface area contributed by atoms with Crippen molar-refractivity contribution in [3.8, 4) is 0 Å². The predicted octanol–water partition coefficient (Wildman–Crippen LogP) is -0.345. The van der Waals surface area contributed by atoms with Gasteiger partial charge in [0.2, 0.25) is 0 Å². The molecule has 0 aliphatic rings. The number of halogens is 1. The summed E-state index contributed by atoms with van der Waals surface area (Å²) in [4.78, 5) is 10.6. The van der Waals surface area contributed by atoms with E-state index in [4.69, 9.17) is 5.84 Å². The highest BCUT2D eigenvalue weighted by Crippen LogP contribution is 2.04. The summed E-state index contributed by atoms with van der Waals surface area (Å²) in [5, 5.41) is 3.48. The van der Waals surface area contributed by atoms with E-state index >= 15 is 0 Å². The quantitative estimate of drug-likeness (QED) is 0.231. The molecule has 0 atom stereocenters. The van der Waals surface area contributed by atoms with E-state index < -0.39 is 5.91 Å². The van der Waals surface area contributed by atoms with Crippen LogP contribution in [-0.4, -0.2) is 13.0 Å². The number of likely N-dealkylation sites (N-methyl/N-ethyl adjacent to an activating group) is 1. The minimum Gasteiger partial charge on any atom is -0.383 e. The number of rotatable bonds is 3. The number of hydrogen-bond acceptors (Lipinski definition) is 4. The van der Waals surface area contributed by atoms with Crippen LogP contribution < -0.4 is 16.6 Å². The van der Waals surface area contributed by atoms with Crippen molar-refractivity contribution in [3.05, 3.63) is 11.1 Å². The molecule has 0 heterocycles. The van der Waals surface area contributed by atoms with Gasteiger partial charge >= 0.3 is 0 Å². The first-order valence-corrected chi connectivity index (χ1v) is 3.20. The summed E-state index contributed by atoms with van der Waals surface area (Å²) in [5.74, 6) is 4.22. The van der Waals surface area contributed by atoms with E-state index in [1.165, 1.54) is 7.05 Å². The minimum absolute atomic E-state index is 0.0629. The van der Waals surface area contributed by atoms with Gasteiger partial charge in [0.1, 0.15) is 5.70 Å². The molecule has 0 aliphatic carbocycles. The fraction of sp³-hybridized carbons (Fsp3) is 0.250. The molecule has 4 nitrogen and oxygen atoms in total. The van der Waals surface area contributed by atoms with Crippen molar-refractivity contribution < 1.29 is 8.68 Å². The maximum atomic E-state index is 11.5. The van der Waals surface area contributed by atoms with Gasteiger partial charge in [0.15, 0.2) is 0 Å². The van der Waals surface area contributed by atoms with Gasteiger partial charge in [0.05, 0.1) is 12.1 Å². The highest BCUT2D eigenvalue weighted by molar-refractivity contribution is 7.97. The van der Waals surface area contributed by atoms with Crippen LogP contribution in [0.5, 0.6) is 0 Å². The number of hydrazine groups is 1. The third-order valence-corrected chi connectivity index (χ3v) is 1.13. The molecular weight excluding hydrogens is 157 g/mol. The Morgan fingerprint density at radius 3 is 2.70 bits per heavy atom. The number of carbonyl (C=O) groups is 1. The van der Waals surface area contributed by atoms with Gasteiger partial charge in [-0.2, -0.15) is 3.89 Å². The Morgan fingerprint density at radius 2 is 2.40 bits per heavy atom. The average molecular weight is 165 g/mol. The van der Waals surface area contributed by atoms with Crippen LogP contribution >= 0.6 is 12.1 Å². The van der Waals surface area contributed by atoms with Gasteiger partial charge in [-0.05, 0) is 0 Å². The van der Waals surface area contributed by atoms with Crippen LogP contribution in [-0.2, 0) is 4.79 Å². The first kappa shape index (κ1) is 9.25. The fourth-order valence-electron chi connectivity index (χ4n) is 0.348. The molecule has 0 radical (unpaired) electrons. The lowest BCUT2D eigenvalue weighted by Crippen LogP contribution is -2.35. The van der Waals surface area contributed by atoms with Gasteiger partial charge in [-0.3, -0.25) is 10.2 Å². The van der Waals surface area contributed by atoms with Crippen LogP contribution in [0.3, 0.4) is 0 Å². The van der Waals surface area contributed by atoms with Crippen molar-refractivity contribution in [2.24, 2.45) is 5.84 Å². The molecular formula is C4H8FN3OS. The topological polar surface area (TPSA) is 67.2 Å². The smallest absolute Gasteiger partial charge is 0.281 e. The molecule has 6 heteroatoms. The lowest BCUT2D eigenvalue weighted by atomic mass is 10.5. The van der Waals surface area contributed by atoms with E-state index in [1.807, 2.05) is 5.43 Å². The summed E-state index contributed by atoms with van der Waals surface area (Å²) < 4.78 is 11.5. The lowest BCUT2D eigenvalue weighted by Gasteiger charge is -2.01. The minimum atomic E-state index is -0.548. The Balaban J connectivity index is 4.06. The zero-order valence-electron chi connectivity index (χ0n) is 5.35. The van der Waals surface area contributed by atoms with Crippen molar-refractivity contribution in [1.29, 1.82) is 0 Å². The van der Waals surface area contributed by atoms with E-state index in [-0.39, 0.29) is 17.8 Å². The van der Waals surface area contributed by atoms with Crippen molar-refractivity contribution in [2.75, 3.05) is 7.05 Å². The molecule has 0 rings (SSSR count). The first-order valence-electron chi connectivity index (χ1n) is 2.42.